The third-order valence-electron chi connectivity index (χ3n) is 3.31. The third kappa shape index (κ3) is 5.71. The van der Waals surface area contributed by atoms with E-state index in [1.165, 1.54) is 11.3 Å². The Morgan fingerprint density at radius 3 is 2.67 bits per heavy atom. The standard InChI is InChI=1S/C15H23N3O3/c16-15(19)12-21-8-5-17-11-13-1-3-14(4-2-13)18-6-9-20-10-7-18/h1-4,17H,5-12H2,(H2,16,19). The highest BCUT2D eigenvalue weighted by atomic mass is 16.5. The number of primary amides is 1. The summed E-state index contributed by atoms with van der Waals surface area (Å²) in [7, 11) is 0. The largest absolute Gasteiger partial charge is 0.378 e. The van der Waals surface area contributed by atoms with E-state index < -0.39 is 5.91 Å². The van der Waals surface area contributed by atoms with Gasteiger partial charge in [0.05, 0.1) is 19.8 Å². The summed E-state index contributed by atoms with van der Waals surface area (Å²) in [6.07, 6.45) is 0. The molecule has 0 aromatic heterocycles. The summed E-state index contributed by atoms with van der Waals surface area (Å²) in [5, 5.41) is 3.26. The van der Waals surface area contributed by atoms with E-state index in [2.05, 4.69) is 34.5 Å². The summed E-state index contributed by atoms with van der Waals surface area (Å²) in [6.45, 7) is 5.44. The van der Waals surface area contributed by atoms with Crippen molar-refractivity contribution in [2.75, 3.05) is 51.0 Å². The minimum absolute atomic E-state index is 0.0179. The average Bonchev–Trinajstić information content (AvgIpc) is 2.52. The SMILES string of the molecule is NC(=O)COCCNCc1ccc(N2CCOCC2)cc1. The second-order valence-electron chi connectivity index (χ2n) is 4.96. The van der Waals surface area contributed by atoms with Crippen molar-refractivity contribution in [3.05, 3.63) is 29.8 Å². The third-order valence-corrected chi connectivity index (χ3v) is 3.31. The van der Waals surface area contributed by atoms with Crippen molar-refractivity contribution in [1.82, 2.24) is 5.32 Å². The molecular formula is C15H23N3O3. The van der Waals surface area contributed by atoms with Gasteiger partial charge in [-0.1, -0.05) is 12.1 Å². The van der Waals surface area contributed by atoms with E-state index in [0.717, 1.165) is 32.8 Å². The Bertz CT molecular complexity index is 430. The lowest BCUT2D eigenvalue weighted by Gasteiger charge is -2.28. The van der Waals surface area contributed by atoms with Crippen LogP contribution in [0.1, 0.15) is 5.56 Å². The van der Waals surface area contributed by atoms with E-state index >= 15 is 0 Å². The molecule has 0 radical (unpaired) electrons. The molecule has 1 aliphatic rings. The fourth-order valence-electron chi connectivity index (χ4n) is 2.20. The lowest BCUT2D eigenvalue weighted by molar-refractivity contribution is -0.122. The number of carbonyl (C=O) groups is 1. The van der Waals surface area contributed by atoms with Crippen molar-refractivity contribution >= 4 is 11.6 Å². The van der Waals surface area contributed by atoms with Gasteiger partial charge in [-0.15, -0.1) is 0 Å². The summed E-state index contributed by atoms with van der Waals surface area (Å²) < 4.78 is 10.4. The Labute approximate surface area is 125 Å². The molecule has 1 aliphatic heterocycles. The van der Waals surface area contributed by atoms with Crippen LogP contribution in [0.15, 0.2) is 24.3 Å². The lowest BCUT2D eigenvalue weighted by Crippen LogP contribution is -2.36. The second kappa shape index (κ2) is 8.61. The van der Waals surface area contributed by atoms with Crippen LogP contribution in [-0.4, -0.2) is 52.0 Å². The van der Waals surface area contributed by atoms with Crippen molar-refractivity contribution < 1.29 is 14.3 Å². The van der Waals surface area contributed by atoms with Gasteiger partial charge in [-0.25, -0.2) is 0 Å². The smallest absolute Gasteiger partial charge is 0.243 e. The normalized spacial score (nSPS) is 15.1. The summed E-state index contributed by atoms with van der Waals surface area (Å²) in [5.74, 6) is -0.436. The number of hydrogen-bond donors (Lipinski definition) is 2. The Hall–Kier alpha value is -1.63. The molecule has 0 atom stereocenters. The van der Waals surface area contributed by atoms with E-state index in [9.17, 15) is 4.79 Å². The van der Waals surface area contributed by atoms with Crippen molar-refractivity contribution in [2.24, 2.45) is 5.73 Å². The number of rotatable bonds is 8. The minimum atomic E-state index is -0.436. The zero-order chi connectivity index (χ0) is 14.9. The van der Waals surface area contributed by atoms with Gasteiger partial charge in [0.25, 0.3) is 0 Å². The molecule has 1 aromatic rings. The van der Waals surface area contributed by atoms with Crippen LogP contribution in [0.3, 0.4) is 0 Å². The highest BCUT2D eigenvalue weighted by molar-refractivity contribution is 5.74. The molecule has 0 aliphatic carbocycles. The van der Waals surface area contributed by atoms with Gasteiger partial charge in [0.2, 0.25) is 5.91 Å². The van der Waals surface area contributed by atoms with Crippen LogP contribution >= 0.6 is 0 Å². The van der Waals surface area contributed by atoms with E-state index in [-0.39, 0.29) is 6.61 Å². The van der Waals surface area contributed by atoms with E-state index in [0.29, 0.717) is 13.2 Å². The number of carbonyl (C=O) groups excluding carboxylic acids is 1. The van der Waals surface area contributed by atoms with Crippen LogP contribution in [0.4, 0.5) is 5.69 Å². The van der Waals surface area contributed by atoms with Gasteiger partial charge in [-0.3, -0.25) is 4.79 Å². The monoisotopic (exact) mass is 293 g/mol. The number of nitrogens with two attached hydrogens (primary N) is 1. The number of amides is 1. The first-order chi connectivity index (χ1) is 10.3. The maximum atomic E-state index is 10.5. The second-order valence-corrected chi connectivity index (χ2v) is 4.96. The van der Waals surface area contributed by atoms with Crippen LogP contribution in [0.5, 0.6) is 0 Å². The molecule has 0 bridgehead atoms. The molecule has 116 valence electrons. The molecule has 1 heterocycles. The predicted molar refractivity (Wildman–Crippen MR) is 81.2 cm³/mol. The van der Waals surface area contributed by atoms with Crippen molar-refractivity contribution in [3.63, 3.8) is 0 Å². The first kappa shape index (κ1) is 15.8. The van der Waals surface area contributed by atoms with E-state index in [4.69, 9.17) is 15.2 Å². The summed E-state index contributed by atoms with van der Waals surface area (Å²) in [4.78, 5) is 12.8. The van der Waals surface area contributed by atoms with Gasteiger partial charge in [-0.05, 0) is 17.7 Å². The number of anilines is 1. The first-order valence-corrected chi connectivity index (χ1v) is 7.24. The molecule has 0 spiro atoms. The van der Waals surface area contributed by atoms with Crippen molar-refractivity contribution in [3.8, 4) is 0 Å². The summed E-state index contributed by atoms with van der Waals surface area (Å²) >= 11 is 0. The topological polar surface area (TPSA) is 76.8 Å². The van der Waals surface area contributed by atoms with Gasteiger partial charge < -0.3 is 25.4 Å². The Balaban J connectivity index is 1.66. The molecule has 2 rings (SSSR count). The first-order valence-electron chi connectivity index (χ1n) is 7.24. The quantitative estimate of drug-likeness (QED) is 0.666. The fraction of sp³-hybridized carbons (Fsp3) is 0.533. The Morgan fingerprint density at radius 2 is 2.00 bits per heavy atom. The van der Waals surface area contributed by atoms with Gasteiger partial charge in [0.15, 0.2) is 0 Å². The van der Waals surface area contributed by atoms with Gasteiger partial charge in [0, 0.05) is 31.9 Å². The predicted octanol–water partition coefficient (Wildman–Crippen LogP) is 0.115. The fourth-order valence-corrected chi connectivity index (χ4v) is 2.20. The van der Waals surface area contributed by atoms with Crippen molar-refractivity contribution in [1.29, 1.82) is 0 Å². The van der Waals surface area contributed by atoms with Crippen LogP contribution in [0, 0.1) is 0 Å². The Morgan fingerprint density at radius 1 is 1.29 bits per heavy atom. The molecule has 1 amide bonds. The zero-order valence-electron chi connectivity index (χ0n) is 12.2. The highest BCUT2D eigenvalue weighted by Crippen LogP contribution is 2.16. The maximum Gasteiger partial charge on any atom is 0.243 e. The van der Waals surface area contributed by atoms with Gasteiger partial charge in [-0.2, -0.15) is 0 Å². The molecule has 3 N–H and O–H groups in total. The molecule has 1 fully saturated rings. The number of benzene rings is 1. The zero-order valence-corrected chi connectivity index (χ0v) is 12.2. The van der Waals surface area contributed by atoms with Gasteiger partial charge in [0.1, 0.15) is 6.61 Å². The van der Waals surface area contributed by atoms with E-state index in [1.54, 1.807) is 0 Å². The summed E-state index contributed by atoms with van der Waals surface area (Å²) in [5.41, 5.74) is 7.44. The average molecular weight is 293 g/mol. The van der Waals surface area contributed by atoms with Gasteiger partial charge >= 0.3 is 0 Å². The van der Waals surface area contributed by atoms with E-state index in [1.807, 2.05) is 0 Å². The van der Waals surface area contributed by atoms with Crippen LogP contribution in [0.25, 0.3) is 0 Å². The Kier molecular flexibility index (Phi) is 6.46. The van der Waals surface area contributed by atoms with Crippen LogP contribution < -0.4 is 16.0 Å². The highest BCUT2D eigenvalue weighted by Gasteiger charge is 2.10. The number of nitrogens with zero attached hydrogens (tertiary/aromatic N) is 1. The van der Waals surface area contributed by atoms with Crippen molar-refractivity contribution in [2.45, 2.75) is 6.54 Å². The summed E-state index contributed by atoms with van der Waals surface area (Å²) in [6, 6.07) is 8.54. The van der Waals surface area contributed by atoms with Crippen LogP contribution in [0.2, 0.25) is 0 Å². The maximum absolute atomic E-state index is 10.5. The molecule has 6 heteroatoms. The number of ether oxygens (including phenoxy) is 2. The number of nitrogens with one attached hydrogen (secondary N) is 1. The molecule has 1 aromatic carbocycles. The molecule has 0 saturated carbocycles. The molecule has 21 heavy (non-hydrogen) atoms. The molecule has 0 unspecified atom stereocenters. The lowest BCUT2D eigenvalue weighted by atomic mass is 10.2. The molecular weight excluding hydrogens is 270 g/mol. The molecule has 1 saturated heterocycles. The number of hydrogen-bond acceptors (Lipinski definition) is 5. The molecule has 6 nitrogen and oxygen atoms in total. The minimum Gasteiger partial charge on any atom is -0.378 e. The van der Waals surface area contributed by atoms with Crippen LogP contribution in [-0.2, 0) is 20.8 Å². The number of morpholine rings is 1.